The molecule has 0 spiro atoms. The molecule has 0 amide bonds. The Morgan fingerprint density at radius 2 is 2.04 bits per heavy atom. The van der Waals surface area contributed by atoms with E-state index in [9.17, 15) is 18.5 Å². The van der Waals surface area contributed by atoms with Gasteiger partial charge in [0.1, 0.15) is 5.76 Å². The van der Waals surface area contributed by atoms with Gasteiger partial charge in [-0.1, -0.05) is 5.16 Å². The first-order valence-electron chi connectivity index (χ1n) is 7.16. The lowest BCUT2D eigenvalue weighted by atomic mass is 10.1. The third-order valence-corrected chi connectivity index (χ3v) is 4.44. The van der Waals surface area contributed by atoms with Crippen molar-refractivity contribution in [2.45, 2.75) is 31.6 Å². The topological polar surface area (TPSA) is 141 Å². The second kappa shape index (κ2) is 6.97. The number of nitro benzene ring substituents is 1. The van der Waals surface area contributed by atoms with Crippen molar-refractivity contribution in [1.82, 2.24) is 5.16 Å². The number of nitrogens with zero attached hydrogens (tertiary/aromatic N) is 2. The van der Waals surface area contributed by atoms with E-state index in [4.69, 9.17) is 9.66 Å². The third-order valence-electron chi connectivity index (χ3n) is 3.54. The van der Waals surface area contributed by atoms with Gasteiger partial charge in [0, 0.05) is 29.9 Å². The van der Waals surface area contributed by atoms with Crippen LogP contribution in [0, 0.1) is 24.0 Å². The molecule has 0 unspecified atom stereocenters. The number of non-ortho nitro benzene ring substituents is 1. The fraction of sp³-hybridized carbons (Fsp3) is 0.357. The number of sulfonamides is 1. The lowest BCUT2D eigenvalue weighted by Crippen LogP contribution is -2.13. The zero-order valence-corrected chi connectivity index (χ0v) is 14.1. The summed E-state index contributed by atoms with van der Waals surface area (Å²) in [6.45, 7) is 4.19. The molecule has 2 aromatic rings. The van der Waals surface area contributed by atoms with Crippen LogP contribution in [-0.4, -0.2) is 25.0 Å². The highest BCUT2D eigenvalue weighted by atomic mass is 32.2. The van der Waals surface area contributed by atoms with E-state index in [2.05, 4.69) is 10.5 Å². The van der Waals surface area contributed by atoms with Crippen LogP contribution >= 0.6 is 0 Å². The first-order valence-corrected chi connectivity index (χ1v) is 8.71. The van der Waals surface area contributed by atoms with E-state index in [1.54, 1.807) is 0 Å². The molecule has 0 aliphatic carbocycles. The maximum Gasteiger partial charge on any atom is 0.272 e. The molecule has 0 saturated carbocycles. The van der Waals surface area contributed by atoms with Crippen molar-refractivity contribution in [3.63, 3.8) is 0 Å². The highest BCUT2D eigenvalue weighted by molar-refractivity contribution is 7.89. The van der Waals surface area contributed by atoms with Gasteiger partial charge in [-0.3, -0.25) is 10.1 Å². The van der Waals surface area contributed by atoms with Gasteiger partial charge < -0.3 is 9.84 Å². The van der Waals surface area contributed by atoms with E-state index in [1.807, 2.05) is 13.8 Å². The Hall–Kier alpha value is -2.46. The minimum atomic E-state index is -4.02. The van der Waals surface area contributed by atoms with Gasteiger partial charge in [0.05, 0.1) is 15.5 Å². The predicted octanol–water partition coefficient (Wildman–Crippen LogP) is 1.89. The fourth-order valence-electron chi connectivity index (χ4n) is 2.31. The number of nitrogens with one attached hydrogen (secondary N) is 1. The molecule has 0 radical (unpaired) electrons. The summed E-state index contributed by atoms with van der Waals surface area (Å²) in [5.74, 6) is 0.763. The summed E-state index contributed by atoms with van der Waals surface area (Å²) in [6.07, 6.45) is 1.45. The molecule has 0 bridgehead atoms. The smallest absolute Gasteiger partial charge is 0.272 e. The SMILES string of the molecule is Cc1noc(C)c1CCCNc1cc([N+](=O)[O-])cc(S(N)(=O)=O)c1. The summed E-state index contributed by atoms with van der Waals surface area (Å²) in [7, 11) is -4.02. The Bertz CT molecular complexity index is 841. The van der Waals surface area contributed by atoms with Crippen LogP contribution in [0.4, 0.5) is 11.4 Å². The molecule has 0 aliphatic heterocycles. The van der Waals surface area contributed by atoms with Crippen LogP contribution in [0.25, 0.3) is 0 Å². The summed E-state index contributed by atoms with van der Waals surface area (Å²) >= 11 is 0. The first-order chi connectivity index (χ1) is 11.2. The van der Waals surface area contributed by atoms with Crippen molar-refractivity contribution in [2.24, 2.45) is 5.14 Å². The van der Waals surface area contributed by atoms with Crippen molar-refractivity contribution in [3.05, 3.63) is 45.3 Å². The van der Waals surface area contributed by atoms with Crippen LogP contribution < -0.4 is 10.5 Å². The van der Waals surface area contributed by atoms with Gasteiger partial charge >= 0.3 is 0 Å². The molecule has 2 rings (SSSR count). The molecule has 1 aromatic heterocycles. The van der Waals surface area contributed by atoms with Gasteiger partial charge in [-0.2, -0.15) is 0 Å². The second-order valence-corrected chi connectivity index (χ2v) is 6.91. The quantitative estimate of drug-likeness (QED) is 0.439. The van der Waals surface area contributed by atoms with Crippen LogP contribution in [0.15, 0.2) is 27.6 Å². The van der Waals surface area contributed by atoms with E-state index >= 15 is 0 Å². The minimum Gasteiger partial charge on any atom is -0.385 e. The molecule has 10 heteroatoms. The molecule has 3 N–H and O–H groups in total. The van der Waals surface area contributed by atoms with Crippen LogP contribution in [0.5, 0.6) is 0 Å². The number of rotatable bonds is 7. The number of benzene rings is 1. The molecule has 24 heavy (non-hydrogen) atoms. The van der Waals surface area contributed by atoms with Crippen molar-refractivity contribution < 1.29 is 17.9 Å². The molecule has 0 saturated heterocycles. The Labute approximate surface area is 139 Å². The van der Waals surface area contributed by atoms with E-state index in [0.717, 1.165) is 35.9 Å². The summed E-state index contributed by atoms with van der Waals surface area (Å²) in [5, 5.41) is 22.8. The van der Waals surface area contributed by atoms with E-state index in [0.29, 0.717) is 12.2 Å². The van der Waals surface area contributed by atoms with Gasteiger partial charge in [-0.25, -0.2) is 13.6 Å². The summed E-state index contributed by atoms with van der Waals surface area (Å²) in [4.78, 5) is 9.95. The lowest BCUT2D eigenvalue weighted by molar-refractivity contribution is -0.385. The number of aryl methyl sites for hydroxylation is 2. The van der Waals surface area contributed by atoms with Crippen molar-refractivity contribution in [2.75, 3.05) is 11.9 Å². The van der Waals surface area contributed by atoms with Crippen LogP contribution in [0.3, 0.4) is 0 Å². The van der Waals surface area contributed by atoms with E-state index < -0.39 is 14.9 Å². The number of hydrogen-bond donors (Lipinski definition) is 2. The standard InChI is InChI=1S/C14H18N4O5S/c1-9-14(10(2)23-17-9)4-3-5-16-11-6-12(18(19)20)8-13(7-11)24(15,21)22/h6-8,16H,3-5H2,1-2H3,(H2,15,21,22). The molecule has 0 fully saturated rings. The molecular weight excluding hydrogens is 336 g/mol. The number of aromatic nitrogens is 1. The second-order valence-electron chi connectivity index (χ2n) is 5.35. The van der Waals surface area contributed by atoms with Crippen LogP contribution in [0.2, 0.25) is 0 Å². The lowest BCUT2D eigenvalue weighted by Gasteiger charge is -2.08. The molecule has 130 valence electrons. The Morgan fingerprint density at radius 3 is 2.58 bits per heavy atom. The van der Waals surface area contributed by atoms with Gasteiger partial charge in [-0.05, 0) is 32.8 Å². The van der Waals surface area contributed by atoms with Gasteiger partial charge in [0.25, 0.3) is 5.69 Å². The average molecular weight is 354 g/mol. The fourth-order valence-corrected chi connectivity index (χ4v) is 2.89. The number of hydrogen-bond acceptors (Lipinski definition) is 7. The molecular formula is C14H18N4O5S. The Kier molecular flexibility index (Phi) is 5.20. The highest BCUT2D eigenvalue weighted by Crippen LogP contribution is 2.23. The van der Waals surface area contributed by atoms with Gasteiger partial charge in [0.2, 0.25) is 10.0 Å². The summed E-state index contributed by atoms with van der Waals surface area (Å²) in [5.41, 5.74) is 1.85. The zero-order chi connectivity index (χ0) is 17.9. The van der Waals surface area contributed by atoms with Crippen molar-refractivity contribution in [3.8, 4) is 0 Å². The van der Waals surface area contributed by atoms with Crippen molar-refractivity contribution >= 4 is 21.4 Å². The maximum atomic E-state index is 11.4. The number of nitro groups is 1. The number of anilines is 1. The van der Waals surface area contributed by atoms with Gasteiger partial charge in [0.15, 0.2) is 0 Å². The number of nitrogens with two attached hydrogens (primary N) is 1. The van der Waals surface area contributed by atoms with E-state index in [1.165, 1.54) is 12.1 Å². The highest BCUT2D eigenvalue weighted by Gasteiger charge is 2.16. The predicted molar refractivity (Wildman–Crippen MR) is 87.3 cm³/mol. The van der Waals surface area contributed by atoms with Gasteiger partial charge in [-0.15, -0.1) is 0 Å². The Balaban J connectivity index is 2.07. The third kappa shape index (κ3) is 4.30. The number of primary sulfonamides is 1. The molecule has 9 nitrogen and oxygen atoms in total. The maximum absolute atomic E-state index is 11.4. The largest absolute Gasteiger partial charge is 0.385 e. The normalized spacial score (nSPS) is 11.5. The average Bonchev–Trinajstić information content (AvgIpc) is 2.81. The summed E-state index contributed by atoms with van der Waals surface area (Å²) in [6, 6.07) is 3.48. The molecule has 0 atom stereocenters. The summed E-state index contributed by atoms with van der Waals surface area (Å²) < 4.78 is 27.9. The molecule has 1 heterocycles. The molecule has 1 aromatic carbocycles. The zero-order valence-electron chi connectivity index (χ0n) is 13.3. The van der Waals surface area contributed by atoms with E-state index in [-0.39, 0.29) is 10.6 Å². The van der Waals surface area contributed by atoms with Crippen molar-refractivity contribution in [1.29, 1.82) is 0 Å². The monoisotopic (exact) mass is 354 g/mol. The molecule has 0 aliphatic rings. The minimum absolute atomic E-state index is 0.301. The Morgan fingerprint density at radius 1 is 1.33 bits per heavy atom. The van der Waals surface area contributed by atoms with Crippen LogP contribution in [-0.2, 0) is 16.4 Å². The first kappa shape index (κ1) is 17.9. The van der Waals surface area contributed by atoms with Crippen LogP contribution in [0.1, 0.15) is 23.4 Å².